The van der Waals surface area contributed by atoms with Gasteiger partial charge in [0, 0.05) is 5.56 Å². The van der Waals surface area contributed by atoms with Crippen molar-refractivity contribution in [2.45, 2.75) is 13.0 Å². The third-order valence-corrected chi connectivity index (χ3v) is 2.22. The van der Waals surface area contributed by atoms with Gasteiger partial charge in [-0.25, -0.2) is 4.79 Å². The second kappa shape index (κ2) is 5.46. The Morgan fingerprint density at radius 3 is 2.38 bits per heavy atom. The highest BCUT2D eigenvalue weighted by molar-refractivity contribution is 7.80. The van der Waals surface area contributed by atoms with Crippen LogP contribution in [0.15, 0.2) is 24.3 Å². The number of hydrogen-bond acceptors (Lipinski definition) is 4. The molecule has 1 atom stereocenters. The van der Waals surface area contributed by atoms with Crippen molar-refractivity contribution >= 4 is 23.2 Å². The van der Waals surface area contributed by atoms with Crippen LogP contribution in [0.3, 0.4) is 0 Å². The quantitative estimate of drug-likeness (QED) is 0.633. The molecule has 0 bridgehead atoms. The first-order valence-corrected chi connectivity index (χ1v) is 5.09. The highest BCUT2D eigenvalue weighted by atomic mass is 32.1. The highest BCUT2D eigenvalue weighted by Gasteiger charge is 2.14. The van der Waals surface area contributed by atoms with Gasteiger partial charge in [-0.3, -0.25) is 0 Å². The Kier molecular flexibility index (Phi) is 4.25. The van der Waals surface area contributed by atoms with Crippen LogP contribution in [0.25, 0.3) is 0 Å². The van der Waals surface area contributed by atoms with E-state index in [4.69, 9.17) is 22.7 Å². The lowest BCUT2D eigenvalue weighted by Gasteiger charge is -2.12. The van der Waals surface area contributed by atoms with Crippen LogP contribution in [-0.4, -0.2) is 24.2 Å². The van der Waals surface area contributed by atoms with Crippen LogP contribution in [0.5, 0.6) is 5.75 Å². The highest BCUT2D eigenvalue weighted by Crippen LogP contribution is 2.14. The molecule has 0 saturated carbocycles. The smallest absolute Gasteiger partial charge is 0.346 e. The molecule has 0 amide bonds. The number of esters is 1. The molecule has 0 radical (unpaired) electrons. The summed E-state index contributed by atoms with van der Waals surface area (Å²) in [5.74, 6) is 0.149. The van der Waals surface area contributed by atoms with Crippen molar-refractivity contribution < 1.29 is 14.3 Å². The van der Waals surface area contributed by atoms with E-state index in [0.717, 1.165) is 5.56 Å². The molecule has 1 aromatic rings. The molecule has 2 N–H and O–H groups in total. The lowest BCUT2D eigenvalue weighted by molar-refractivity contribution is -0.147. The SMILES string of the molecule is COC(=O)C(C)Oc1ccc(C(N)=S)cc1. The molecule has 0 saturated heterocycles. The van der Waals surface area contributed by atoms with Crippen molar-refractivity contribution in [2.24, 2.45) is 5.73 Å². The van der Waals surface area contributed by atoms with Crippen molar-refractivity contribution in [1.29, 1.82) is 0 Å². The average Bonchev–Trinajstić information content (AvgIpc) is 2.28. The predicted octanol–water partition coefficient (Wildman–Crippen LogP) is 1.26. The molecular weight excluding hydrogens is 226 g/mol. The van der Waals surface area contributed by atoms with Crippen LogP contribution in [0.4, 0.5) is 0 Å². The van der Waals surface area contributed by atoms with Crippen molar-refractivity contribution in [3.05, 3.63) is 29.8 Å². The number of benzene rings is 1. The summed E-state index contributed by atoms with van der Waals surface area (Å²) in [6.45, 7) is 1.62. The number of hydrogen-bond donors (Lipinski definition) is 1. The van der Waals surface area contributed by atoms with Crippen molar-refractivity contribution in [3.8, 4) is 5.75 Å². The van der Waals surface area contributed by atoms with E-state index < -0.39 is 12.1 Å². The maximum atomic E-state index is 11.1. The largest absolute Gasteiger partial charge is 0.479 e. The third kappa shape index (κ3) is 3.20. The van der Waals surface area contributed by atoms with Gasteiger partial charge >= 0.3 is 5.97 Å². The standard InChI is InChI=1S/C11H13NO3S/c1-7(11(13)14-2)15-9-5-3-8(4-6-9)10(12)16/h3-7H,1-2H3,(H2,12,16). The zero-order valence-electron chi connectivity index (χ0n) is 9.10. The molecule has 0 heterocycles. The summed E-state index contributed by atoms with van der Waals surface area (Å²) in [6, 6.07) is 6.88. The second-order valence-corrected chi connectivity index (χ2v) is 3.61. The van der Waals surface area contributed by atoms with Crippen LogP contribution in [0.2, 0.25) is 0 Å². The normalized spacial score (nSPS) is 11.6. The minimum Gasteiger partial charge on any atom is -0.479 e. The molecule has 86 valence electrons. The Labute approximate surface area is 99.3 Å². The van der Waals surface area contributed by atoms with E-state index in [-0.39, 0.29) is 0 Å². The van der Waals surface area contributed by atoms with Crippen LogP contribution in [0, 0.1) is 0 Å². The van der Waals surface area contributed by atoms with Crippen LogP contribution >= 0.6 is 12.2 Å². The van der Waals surface area contributed by atoms with Gasteiger partial charge < -0.3 is 15.2 Å². The van der Waals surface area contributed by atoms with Crippen molar-refractivity contribution in [3.63, 3.8) is 0 Å². The van der Waals surface area contributed by atoms with E-state index in [1.54, 1.807) is 31.2 Å². The molecule has 0 fully saturated rings. The summed E-state index contributed by atoms with van der Waals surface area (Å²) in [4.78, 5) is 11.4. The summed E-state index contributed by atoms with van der Waals surface area (Å²) in [5, 5.41) is 0. The van der Waals surface area contributed by atoms with Gasteiger partial charge in [-0.15, -0.1) is 0 Å². The van der Waals surface area contributed by atoms with Crippen LogP contribution < -0.4 is 10.5 Å². The average molecular weight is 239 g/mol. The number of carbonyl (C=O) groups is 1. The number of rotatable bonds is 4. The summed E-state index contributed by atoms with van der Waals surface area (Å²) < 4.78 is 9.88. The number of thiocarbonyl (C=S) groups is 1. The number of ether oxygens (including phenoxy) is 2. The first kappa shape index (κ1) is 12.4. The third-order valence-electron chi connectivity index (χ3n) is 1.98. The fourth-order valence-corrected chi connectivity index (χ4v) is 1.25. The first-order valence-electron chi connectivity index (χ1n) is 4.69. The minimum atomic E-state index is -0.638. The Morgan fingerprint density at radius 2 is 1.94 bits per heavy atom. The maximum absolute atomic E-state index is 11.1. The van der Waals surface area contributed by atoms with E-state index in [0.29, 0.717) is 10.7 Å². The number of methoxy groups -OCH3 is 1. The number of nitrogens with two attached hydrogens (primary N) is 1. The molecule has 0 aliphatic heterocycles. The molecule has 0 spiro atoms. The van der Waals surface area contributed by atoms with Gasteiger partial charge in [0.25, 0.3) is 0 Å². The van der Waals surface area contributed by atoms with Gasteiger partial charge in [0.05, 0.1) is 7.11 Å². The fraction of sp³-hybridized carbons (Fsp3) is 0.273. The van der Waals surface area contributed by atoms with E-state index >= 15 is 0 Å². The Bertz CT molecular complexity index is 389. The summed E-state index contributed by atoms with van der Waals surface area (Å²) in [6.07, 6.45) is -0.638. The topological polar surface area (TPSA) is 61.5 Å². The van der Waals surface area contributed by atoms with Gasteiger partial charge in [-0.05, 0) is 31.2 Å². The van der Waals surface area contributed by atoms with Gasteiger partial charge in [-0.1, -0.05) is 12.2 Å². The summed E-state index contributed by atoms with van der Waals surface area (Å²) in [7, 11) is 1.32. The van der Waals surface area contributed by atoms with E-state index in [1.165, 1.54) is 7.11 Å². The second-order valence-electron chi connectivity index (χ2n) is 3.17. The predicted molar refractivity (Wildman–Crippen MR) is 64.4 cm³/mol. The molecule has 0 aromatic heterocycles. The summed E-state index contributed by atoms with van der Waals surface area (Å²) in [5.41, 5.74) is 6.21. The van der Waals surface area contributed by atoms with Gasteiger partial charge in [-0.2, -0.15) is 0 Å². The molecule has 0 aliphatic carbocycles. The lowest BCUT2D eigenvalue weighted by Crippen LogP contribution is -2.24. The van der Waals surface area contributed by atoms with Crippen molar-refractivity contribution in [1.82, 2.24) is 0 Å². The van der Waals surface area contributed by atoms with E-state index in [2.05, 4.69) is 4.74 Å². The Morgan fingerprint density at radius 1 is 1.38 bits per heavy atom. The first-order chi connectivity index (χ1) is 7.54. The van der Waals surface area contributed by atoms with Gasteiger partial charge in [0.2, 0.25) is 0 Å². The molecule has 1 rings (SSSR count). The molecule has 5 heteroatoms. The summed E-state index contributed by atoms with van der Waals surface area (Å²) >= 11 is 4.82. The minimum absolute atomic E-state index is 0.326. The fourth-order valence-electron chi connectivity index (χ4n) is 1.12. The monoisotopic (exact) mass is 239 g/mol. The van der Waals surface area contributed by atoms with E-state index in [9.17, 15) is 4.79 Å². The lowest BCUT2D eigenvalue weighted by atomic mass is 10.2. The van der Waals surface area contributed by atoms with Crippen molar-refractivity contribution in [2.75, 3.05) is 7.11 Å². The zero-order chi connectivity index (χ0) is 12.1. The van der Waals surface area contributed by atoms with E-state index in [1.807, 2.05) is 0 Å². The van der Waals surface area contributed by atoms with Gasteiger partial charge in [0.1, 0.15) is 10.7 Å². The maximum Gasteiger partial charge on any atom is 0.346 e. The molecule has 1 unspecified atom stereocenters. The Hall–Kier alpha value is -1.62. The Balaban J connectivity index is 2.68. The molecule has 1 aromatic carbocycles. The molecular formula is C11H13NO3S. The molecule has 0 aliphatic rings. The zero-order valence-corrected chi connectivity index (χ0v) is 9.91. The van der Waals surface area contributed by atoms with Crippen LogP contribution in [-0.2, 0) is 9.53 Å². The van der Waals surface area contributed by atoms with Crippen LogP contribution in [0.1, 0.15) is 12.5 Å². The van der Waals surface area contributed by atoms with Gasteiger partial charge in [0.15, 0.2) is 6.10 Å². The molecule has 4 nitrogen and oxygen atoms in total. The molecule has 16 heavy (non-hydrogen) atoms. The number of carbonyl (C=O) groups excluding carboxylic acids is 1.